The third kappa shape index (κ3) is 3.94. The predicted molar refractivity (Wildman–Crippen MR) is 116 cm³/mol. The number of hydrogen-bond donors (Lipinski definition) is 0. The van der Waals surface area contributed by atoms with Crippen LogP contribution in [0.3, 0.4) is 0 Å². The molecule has 0 radical (unpaired) electrons. The highest BCUT2D eigenvalue weighted by Crippen LogP contribution is 2.30. The second-order valence-electron chi connectivity index (χ2n) is 7.55. The minimum absolute atomic E-state index is 0.120. The van der Waals surface area contributed by atoms with Crippen LogP contribution in [-0.2, 0) is 0 Å². The predicted octanol–water partition coefficient (Wildman–Crippen LogP) is 3.78. The average molecular weight is 419 g/mol. The Kier molecular flexibility index (Phi) is 5.83. The molecular weight excluding hydrogens is 394 g/mol. The van der Waals surface area contributed by atoms with Crippen molar-refractivity contribution in [2.75, 3.05) is 40.4 Å². The first kappa shape index (κ1) is 20.8. The fourth-order valence-electron chi connectivity index (χ4n) is 4.01. The molecule has 2 aromatic carbocycles. The molecule has 31 heavy (non-hydrogen) atoms. The van der Waals surface area contributed by atoms with Gasteiger partial charge in [0.15, 0.2) is 5.76 Å². The number of rotatable bonds is 5. The number of ether oxygens (including phenoxy) is 2. The molecule has 1 fully saturated rings. The molecule has 4 rings (SSSR count). The van der Waals surface area contributed by atoms with Gasteiger partial charge in [-0.3, -0.25) is 9.69 Å². The zero-order valence-electron chi connectivity index (χ0n) is 17.9. The summed E-state index contributed by atoms with van der Waals surface area (Å²) >= 11 is 0. The van der Waals surface area contributed by atoms with Gasteiger partial charge >= 0.3 is 0 Å². The fourth-order valence-corrected chi connectivity index (χ4v) is 4.01. The van der Waals surface area contributed by atoms with Crippen LogP contribution in [0.1, 0.15) is 27.7 Å². The number of fused-ring (bicyclic) bond motifs is 1. The normalized spacial score (nSPS) is 15.5. The summed E-state index contributed by atoms with van der Waals surface area (Å²) in [7, 11) is 3.23. The molecule has 160 valence electrons. The van der Waals surface area contributed by atoms with Crippen LogP contribution in [0.15, 0.2) is 46.9 Å². The molecule has 7 heteroatoms. The van der Waals surface area contributed by atoms with E-state index in [0.29, 0.717) is 37.5 Å². The molecule has 0 saturated carbocycles. The number of piperazine rings is 1. The van der Waals surface area contributed by atoms with Gasteiger partial charge in [0.05, 0.1) is 20.3 Å². The van der Waals surface area contributed by atoms with Gasteiger partial charge in [-0.25, -0.2) is 0 Å². The molecule has 0 N–H and O–H groups in total. The van der Waals surface area contributed by atoms with Crippen molar-refractivity contribution in [2.24, 2.45) is 0 Å². The van der Waals surface area contributed by atoms with Gasteiger partial charge in [-0.1, -0.05) is 12.1 Å². The van der Waals surface area contributed by atoms with Crippen molar-refractivity contribution in [3.63, 3.8) is 0 Å². The van der Waals surface area contributed by atoms with Crippen molar-refractivity contribution in [3.8, 4) is 17.6 Å². The van der Waals surface area contributed by atoms with Crippen molar-refractivity contribution in [3.05, 3.63) is 59.4 Å². The van der Waals surface area contributed by atoms with E-state index in [-0.39, 0.29) is 11.9 Å². The Labute approximate surface area is 181 Å². The van der Waals surface area contributed by atoms with Gasteiger partial charge in [0.25, 0.3) is 5.91 Å². The first-order valence-corrected chi connectivity index (χ1v) is 10.2. The van der Waals surface area contributed by atoms with Crippen LogP contribution in [0.2, 0.25) is 0 Å². The second kappa shape index (κ2) is 8.70. The highest BCUT2D eigenvalue weighted by molar-refractivity contribution is 5.99. The third-order valence-electron chi connectivity index (χ3n) is 5.86. The van der Waals surface area contributed by atoms with Crippen molar-refractivity contribution < 1.29 is 18.7 Å². The smallest absolute Gasteiger partial charge is 0.289 e. The third-order valence-corrected chi connectivity index (χ3v) is 5.86. The molecule has 3 aromatic rings. The van der Waals surface area contributed by atoms with Crippen LogP contribution in [0.25, 0.3) is 11.0 Å². The lowest BCUT2D eigenvalue weighted by Crippen LogP contribution is -2.49. The topological polar surface area (TPSA) is 78.9 Å². The molecule has 1 aliphatic rings. The standard InChI is InChI=1S/C24H25N3O4/c1-16-20-14-19(30-3)8-9-22(20)31-23(16)24(28)27-12-10-26(11-13-27)21(15-25)17-4-6-18(29-2)7-5-17/h4-9,14,21H,10-13H2,1-3H3. The van der Waals surface area contributed by atoms with Crippen molar-refractivity contribution in [1.82, 2.24) is 9.80 Å². The maximum absolute atomic E-state index is 13.1. The van der Waals surface area contributed by atoms with Gasteiger partial charge in [0.1, 0.15) is 23.1 Å². The summed E-state index contributed by atoms with van der Waals surface area (Å²) in [6.07, 6.45) is 0. The molecule has 1 aromatic heterocycles. The van der Waals surface area contributed by atoms with Crippen LogP contribution in [0, 0.1) is 18.3 Å². The lowest BCUT2D eigenvalue weighted by molar-refractivity contribution is 0.0577. The summed E-state index contributed by atoms with van der Waals surface area (Å²) < 4.78 is 16.4. The van der Waals surface area contributed by atoms with Crippen LogP contribution in [-0.4, -0.2) is 56.1 Å². The number of amides is 1. The Hall–Kier alpha value is -3.50. The van der Waals surface area contributed by atoms with Gasteiger partial charge in [-0.15, -0.1) is 0 Å². The van der Waals surface area contributed by atoms with Crippen LogP contribution >= 0.6 is 0 Å². The summed E-state index contributed by atoms with van der Waals surface area (Å²) in [5.41, 5.74) is 2.41. The molecule has 0 spiro atoms. The maximum Gasteiger partial charge on any atom is 0.289 e. The summed E-state index contributed by atoms with van der Waals surface area (Å²) in [4.78, 5) is 17.0. The Balaban J connectivity index is 1.46. The quantitative estimate of drug-likeness (QED) is 0.626. The molecular formula is C24H25N3O4. The number of hydrogen-bond acceptors (Lipinski definition) is 6. The summed E-state index contributed by atoms with van der Waals surface area (Å²) in [5.74, 6) is 1.73. The minimum atomic E-state index is -0.358. The Morgan fingerprint density at radius 2 is 1.68 bits per heavy atom. The van der Waals surface area contributed by atoms with E-state index >= 15 is 0 Å². The van der Waals surface area contributed by atoms with Crippen molar-refractivity contribution in [2.45, 2.75) is 13.0 Å². The molecule has 0 aliphatic carbocycles. The lowest BCUT2D eigenvalue weighted by Gasteiger charge is -2.36. The number of methoxy groups -OCH3 is 2. The van der Waals surface area contributed by atoms with E-state index in [1.54, 1.807) is 19.1 Å². The monoisotopic (exact) mass is 419 g/mol. The molecule has 1 saturated heterocycles. The molecule has 7 nitrogen and oxygen atoms in total. The molecule has 2 heterocycles. The van der Waals surface area contributed by atoms with Gasteiger partial charge in [-0.2, -0.15) is 5.26 Å². The van der Waals surface area contributed by atoms with Gasteiger partial charge < -0.3 is 18.8 Å². The molecule has 1 atom stereocenters. The largest absolute Gasteiger partial charge is 0.497 e. The number of aryl methyl sites for hydroxylation is 1. The number of carbonyl (C=O) groups excluding carboxylic acids is 1. The summed E-state index contributed by atoms with van der Waals surface area (Å²) in [6, 6.07) is 15.1. The zero-order valence-corrected chi connectivity index (χ0v) is 17.9. The first-order valence-electron chi connectivity index (χ1n) is 10.2. The first-order chi connectivity index (χ1) is 15.0. The number of carbonyl (C=O) groups is 1. The summed E-state index contributed by atoms with van der Waals surface area (Å²) in [6.45, 7) is 4.19. The Bertz CT molecular complexity index is 1120. The number of benzene rings is 2. The Morgan fingerprint density at radius 1 is 1.03 bits per heavy atom. The highest BCUT2D eigenvalue weighted by atomic mass is 16.5. The molecule has 1 aliphatic heterocycles. The molecule has 1 amide bonds. The molecule has 0 bridgehead atoms. The van der Waals surface area contributed by atoms with Crippen LogP contribution in [0.5, 0.6) is 11.5 Å². The maximum atomic E-state index is 13.1. The summed E-state index contributed by atoms with van der Waals surface area (Å²) in [5, 5.41) is 10.6. The minimum Gasteiger partial charge on any atom is -0.497 e. The lowest BCUT2D eigenvalue weighted by atomic mass is 10.1. The second-order valence-corrected chi connectivity index (χ2v) is 7.55. The van der Waals surface area contributed by atoms with E-state index in [1.807, 2.05) is 49.4 Å². The number of nitriles is 1. The van der Waals surface area contributed by atoms with E-state index in [1.165, 1.54) is 0 Å². The van der Waals surface area contributed by atoms with Crippen molar-refractivity contribution >= 4 is 16.9 Å². The number of nitrogens with zero attached hydrogens (tertiary/aromatic N) is 3. The average Bonchev–Trinajstić information content (AvgIpc) is 3.15. The fraction of sp³-hybridized carbons (Fsp3) is 0.333. The van der Waals surface area contributed by atoms with Crippen LogP contribution in [0.4, 0.5) is 0 Å². The Morgan fingerprint density at radius 3 is 2.29 bits per heavy atom. The zero-order chi connectivity index (χ0) is 22.0. The van der Waals surface area contributed by atoms with Crippen LogP contribution < -0.4 is 9.47 Å². The van der Waals surface area contributed by atoms with Gasteiger partial charge in [0, 0.05) is 37.1 Å². The van der Waals surface area contributed by atoms with E-state index in [4.69, 9.17) is 13.9 Å². The van der Waals surface area contributed by atoms with Gasteiger partial charge in [-0.05, 0) is 42.8 Å². The number of furan rings is 1. The van der Waals surface area contributed by atoms with E-state index < -0.39 is 0 Å². The SMILES string of the molecule is COc1ccc(C(C#N)N2CCN(C(=O)c3oc4ccc(OC)cc4c3C)CC2)cc1. The molecule has 1 unspecified atom stereocenters. The highest BCUT2D eigenvalue weighted by Gasteiger charge is 2.30. The van der Waals surface area contributed by atoms with E-state index in [9.17, 15) is 10.1 Å². The van der Waals surface area contributed by atoms with Crippen molar-refractivity contribution in [1.29, 1.82) is 5.26 Å². The van der Waals surface area contributed by atoms with E-state index in [2.05, 4.69) is 11.0 Å². The van der Waals surface area contributed by atoms with Gasteiger partial charge in [0.2, 0.25) is 0 Å². The van der Waals surface area contributed by atoms with E-state index in [0.717, 1.165) is 28.0 Å².